The van der Waals surface area contributed by atoms with Crippen molar-refractivity contribution < 1.29 is 4.79 Å². The summed E-state index contributed by atoms with van der Waals surface area (Å²) in [5, 5.41) is 0. The lowest BCUT2D eigenvalue weighted by atomic mass is 9.95. The number of benzene rings is 1. The molecule has 4 N–H and O–H groups in total. The number of nitrogens with two attached hydrogens (primary N) is 2. The van der Waals surface area contributed by atoms with E-state index in [1.807, 2.05) is 6.07 Å². The summed E-state index contributed by atoms with van der Waals surface area (Å²) >= 11 is 3.45. The number of nitrogens with zero attached hydrogens (tertiary/aromatic N) is 1. The molecule has 1 aromatic rings. The highest BCUT2D eigenvalue weighted by molar-refractivity contribution is 9.10. The van der Waals surface area contributed by atoms with Gasteiger partial charge >= 0.3 is 0 Å². The molecule has 1 fully saturated rings. The number of halogens is 1. The Balaban J connectivity index is 2.12. The van der Waals surface area contributed by atoms with Gasteiger partial charge in [-0.1, -0.05) is 15.9 Å². The minimum absolute atomic E-state index is 0.0259. The van der Waals surface area contributed by atoms with Crippen LogP contribution in [0.15, 0.2) is 22.7 Å². The van der Waals surface area contributed by atoms with Crippen LogP contribution in [0.5, 0.6) is 0 Å². The Morgan fingerprint density at radius 1 is 1.39 bits per heavy atom. The highest BCUT2D eigenvalue weighted by Gasteiger charge is 2.24. The number of rotatable bonds is 3. The van der Waals surface area contributed by atoms with Crippen molar-refractivity contribution in [1.29, 1.82) is 0 Å². The summed E-state index contributed by atoms with van der Waals surface area (Å²) in [5.74, 6) is -0.150. The first-order valence-corrected chi connectivity index (χ1v) is 6.94. The summed E-state index contributed by atoms with van der Waals surface area (Å²) < 4.78 is 1.04. The molecule has 0 aromatic heterocycles. The van der Waals surface area contributed by atoms with Crippen LogP contribution in [0, 0.1) is 5.92 Å². The van der Waals surface area contributed by atoms with Crippen molar-refractivity contribution in [2.45, 2.75) is 19.4 Å². The van der Waals surface area contributed by atoms with E-state index < -0.39 is 0 Å². The summed E-state index contributed by atoms with van der Waals surface area (Å²) in [5.41, 5.74) is 13.4. The van der Waals surface area contributed by atoms with Gasteiger partial charge in [0.2, 0.25) is 5.91 Å². The van der Waals surface area contributed by atoms with Gasteiger partial charge in [0.15, 0.2) is 0 Å². The van der Waals surface area contributed by atoms with E-state index in [-0.39, 0.29) is 11.8 Å². The minimum atomic E-state index is -0.176. The van der Waals surface area contributed by atoms with Gasteiger partial charge in [0.1, 0.15) is 0 Å². The molecule has 0 spiro atoms. The fourth-order valence-corrected chi connectivity index (χ4v) is 2.84. The van der Waals surface area contributed by atoms with Gasteiger partial charge in [0, 0.05) is 35.7 Å². The third kappa shape index (κ3) is 2.84. The molecular weight excluding hydrogens is 294 g/mol. The van der Waals surface area contributed by atoms with Gasteiger partial charge in [-0.05, 0) is 36.6 Å². The fraction of sp³-hybridized carbons (Fsp3) is 0.462. The molecule has 4 nitrogen and oxygen atoms in total. The van der Waals surface area contributed by atoms with Gasteiger partial charge in [-0.15, -0.1) is 0 Å². The third-order valence-electron chi connectivity index (χ3n) is 3.50. The van der Waals surface area contributed by atoms with Gasteiger partial charge < -0.3 is 16.4 Å². The molecule has 1 saturated heterocycles. The van der Waals surface area contributed by atoms with Crippen LogP contribution in [0.1, 0.15) is 18.4 Å². The molecule has 1 heterocycles. The molecule has 18 heavy (non-hydrogen) atoms. The summed E-state index contributed by atoms with van der Waals surface area (Å²) in [7, 11) is 0. The molecule has 1 aromatic carbocycles. The topological polar surface area (TPSA) is 72.3 Å². The van der Waals surface area contributed by atoms with Crippen LogP contribution in [0.3, 0.4) is 0 Å². The van der Waals surface area contributed by atoms with Crippen molar-refractivity contribution >= 4 is 27.5 Å². The van der Waals surface area contributed by atoms with Gasteiger partial charge in [-0.25, -0.2) is 0 Å². The number of anilines is 1. The van der Waals surface area contributed by atoms with Crippen molar-refractivity contribution in [3.63, 3.8) is 0 Å². The fourth-order valence-electron chi connectivity index (χ4n) is 2.43. The average molecular weight is 312 g/mol. The normalized spacial score (nSPS) is 16.9. The predicted octanol–water partition coefficient (Wildman–Crippen LogP) is 1.61. The Hall–Kier alpha value is -1.07. The number of carbonyl (C=O) groups is 1. The van der Waals surface area contributed by atoms with Gasteiger partial charge in [0.05, 0.1) is 0 Å². The van der Waals surface area contributed by atoms with Crippen LogP contribution >= 0.6 is 15.9 Å². The Kier molecular flexibility index (Phi) is 4.24. The molecule has 0 saturated carbocycles. The SMILES string of the molecule is NCc1cc(Br)ccc1N1CCC(C(N)=O)CC1. The standard InChI is InChI=1S/C13H18BrN3O/c14-11-1-2-12(10(7-11)8-15)17-5-3-9(4-6-17)13(16)18/h1-2,7,9H,3-6,8,15H2,(H2,16,18). The Morgan fingerprint density at radius 3 is 2.61 bits per heavy atom. The van der Waals surface area contributed by atoms with E-state index in [2.05, 4.69) is 33.0 Å². The molecule has 0 unspecified atom stereocenters. The molecule has 1 aliphatic rings. The molecule has 0 aliphatic carbocycles. The minimum Gasteiger partial charge on any atom is -0.371 e. The molecule has 1 amide bonds. The number of amides is 1. The number of carbonyl (C=O) groups excluding carboxylic acids is 1. The van der Waals surface area contributed by atoms with Gasteiger partial charge in [0.25, 0.3) is 0 Å². The lowest BCUT2D eigenvalue weighted by Crippen LogP contribution is -2.39. The number of hydrogen-bond acceptors (Lipinski definition) is 3. The third-order valence-corrected chi connectivity index (χ3v) is 3.99. The first-order chi connectivity index (χ1) is 8.61. The van der Waals surface area contributed by atoms with E-state index in [0.29, 0.717) is 6.54 Å². The van der Waals surface area contributed by atoms with E-state index in [4.69, 9.17) is 11.5 Å². The lowest BCUT2D eigenvalue weighted by Gasteiger charge is -2.33. The zero-order valence-corrected chi connectivity index (χ0v) is 11.8. The molecular formula is C13H18BrN3O. The molecule has 98 valence electrons. The van der Waals surface area contributed by atoms with Crippen molar-refractivity contribution in [2.75, 3.05) is 18.0 Å². The summed E-state index contributed by atoms with van der Waals surface area (Å²) in [6.07, 6.45) is 1.66. The van der Waals surface area contributed by atoms with E-state index in [0.717, 1.165) is 36.0 Å². The zero-order valence-electron chi connectivity index (χ0n) is 10.2. The largest absolute Gasteiger partial charge is 0.371 e. The van der Waals surface area contributed by atoms with Crippen LogP contribution < -0.4 is 16.4 Å². The second kappa shape index (κ2) is 5.71. The zero-order chi connectivity index (χ0) is 13.1. The molecule has 1 aliphatic heterocycles. The van der Waals surface area contributed by atoms with E-state index in [1.165, 1.54) is 5.69 Å². The highest BCUT2D eigenvalue weighted by atomic mass is 79.9. The number of primary amides is 1. The van der Waals surface area contributed by atoms with Gasteiger partial charge in [-0.3, -0.25) is 4.79 Å². The first kappa shape index (κ1) is 13.4. The maximum atomic E-state index is 11.1. The Bertz CT molecular complexity index is 442. The Labute approximate surface area is 115 Å². The molecule has 0 atom stereocenters. The van der Waals surface area contributed by atoms with Crippen LogP contribution in [0.4, 0.5) is 5.69 Å². The van der Waals surface area contributed by atoms with Crippen molar-refractivity contribution in [3.8, 4) is 0 Å². The summed E-state index contributed by atoms with van der Waals surface area (Å²) in [6.45, 7) is 2.25. The average Bonchev–Trinajstić information content (AvgIpc) is 2.38. The monoisotopic (exact) mass is 311 g/mol. The van der Waals surface area contributed by atoms with E-state index in [9.17, 15) is 4.79 Å². The van der Waals surface area contributed by atoms with Crippen molar-refractivity contribution in [2.24, 2.45) is 17.4 Å². The number of piperidine rings is 1. The Morgan fingerprint density at radius 2 is 2.06 bits per heavy atom. The molecule has 2 rings (SSSR count). The van der Waals surface area contributed by atoms with Gasteiger partial charge in [-0.2, -0.15) is 0 Å². The maximum absolute atomic E-state index is 11.1. The van der Waals surface area contributed by atoms with Crippen LogP contribution in [0.2, 0.25) is 0 Å². The van der Waals surface area contributed by atoms with Crippen LogP contribution in [-0.2, 0) is 11.3 Å². The highest BCUT2D eigenvalue weighted by Crippen LogP contribution is 2.28. The molecule has 5 heteroatoms. The quantitative estimate of drug-likeness (QED) is 0.890. The summed E-state index contributed by atoms with van der Waals surface area (Å²) in [4.78, 5) is 13.4. The van der Waals surface area contributed by atoms with Crippen molar-refractivity contribution in [3.05, 3.63) is 28.2 Å². The second-order valence-electron chi connectivity index (χ2n) is 4.64. The molecule has 0 radical (unpaired) electrons. The van der Waals surface area contributed by atoms with Crippen LogP contribution in [0.25, 0.3) is 0 Å². The second-order valence-corrected chi connectivity index (χ2v) is 5.56. The van der Waals surface area contributed by atoms with Crippen molar-refractivity contribution in [1.82, 2.24) is 0 Å². The lowest BCUT2D eigenvalue weighted by molar-refractivity contribution is -0.122. The number of hydrogen-bond donors (Lipinski definition) is 2. The van der Waals surface area contributed by atoms with E-state index >= 15 is 0 Å². The van der Waals surface area contributed by atoms with Crippen LogP contribution in [-0.4, -0.2) is 19.0 Å². The molecule has 0 bridgehead atoms. The summed E-state index contributed by atoms with van der Waals surface area (Å²) in [6, 6.07) is 6.15. The maximum Gasteiger partial charge on any atom is 0.220 e. The predicted molar refractivity (Wildman–Crippen MR) is 76.2 cm³/mol. The first-order valence-electron chi connectivity index (χ1n) is 6.14. The van der Waals surface area contributed by atoms with E-state index in [1.54, 1.807) is 0 Å². The smallest absolute Gasteiger partial charge is 0.220 e.